The smallest absolute Gasteiger partial charge is 0.307 e. The number of ether oxygens (including phenoxy) is 2. The number of nitrogens with zero attached hydrogens (tertiary/aromatic N) is 1. The lowest BCUT2D eigenvalue weighted by Crippen LogP contribution is -2.16. The first-order chi connectivity index (χ1) is 14.0. The first kappa shape index (κ1) is 19.2. The third kappa shape index (κ3) is 4.03. The molecule has 0 amide bonds. The van der Waals surface area contributed by atoms with Gasteiger partial charge in [0.1, 0.15) is 12.4 Å². The average Bonchev–Trinajstić information content (AvgIpc) is 3.33. The molecule has 1 N–H and O–H groups in total. The highest BCUT2D eigenvalue weighted by molar-refractivity contribution is 6.04. The van der Waals surface area contributed by atoms with Gasteiger partial charge in [0.2, 0.25) is 0 Å². The molecule has 1 unspecified atom stereocenters. The van der Waals surface area contributed by atoms with E-state index in [2.05, 4.69) is 0 Å². The number of carboxylic acid groups (broad SMARTS) is 1. The third-order valence-corrected chi connectivity index (χ3v) is 5.23. The van der Waals surface area contributed by atoms with Crippen molar-refractivity contribution in [2.75, 3.05) is 13.2 Å². The fraction of sp³-hybridized carbons (Fsp3) is 0.304. The first-order valence-corrected chi connectivity index (χ1v) is 9.74. The SMILES string of the molecule is Cc1cc2c(CC(=O)O)cccc2n1C(=O)c1ccc(OCC2CCCO2)cc1. The van der Waals surface area contributed by atoms with Crippen LogP contribution in [0, 0.1) is 6.92 Å². The number of fused-ring (bicyclic) bond motifs is 1. The molecule has 1 fully saturated rings. The molecular formula is C23H23NO5. The first-order valence-electron chi connectivity index (χ1n) is 9.74. The third-order valence-electron chi connectivity index (χ3n) is 5.23. The van der Waals surface area contributed by atoms with Crippen LogP contribution in [0.1, 0.15) is 34.5 Å². The molecule has 0 bridgehead atoms. The number of carbonyl (C=O) groups is 2. The molecule has 1 aliphatic heterocycles. The molecule has 1 atom stereocenters. The lowest BCUT2D eigenvalue weighted by molar-refractivity contribution is -0.136. The van der Waals surface area contributed by atoms with E-state index in [1.165, 1.54) is 0 Å². The van der Waals surface area contributed by atoms with Gasteiger partial charge in [-0.15, -0.1) is 0 Å². The molecule has 1 aromatic heterocycles. The minimum Gasteiger partial charge on any atom is -0.491 e. The van der Waals surface area contributed by atoms with Crippen molar-refractivity contribution in [2.45, 2.75) is 32.3 Å². The van der Waals surface area contributed by atoms with Crippen molar-refractivity contribution >= 4 is 22.8 Å². The summed E-state index contributed by atoms with van der Waals surface area (Å²) in [6.07, 6.45) is 2.15. The monoisotopic (exact) mass is 393 g/mol. The van der Waals surface area contributed by atoms with Gasteiger partial charge in [0.05, 0.1) is 18.0 Å². The Hall–Kier alpha value is -3.12. The second-order valence-electron chi connectivity index (χ2n) is 7.32. The van der Waals surface area contributed by atoms with Crippen LogP contribution in [0.2, 0.25) is 0 Å². The Morgan fingerprint density at radius 3 is 2.69 bits per heavy atom. The fourth-order valence-electron chi connectivity index (χ4n) is 3.80. The van der Waals surface area contributed by atoms with Crippen molar-refractivity contribution < 1.29 is 24.2 Å². The quantitative estimate of drug-likeness (QED) is 0.689. The van der Waals surface area contributed by atoms with Crippen molar-refractivity contribution in [2.24, 2.45) is 0 Å². The molecule has 6 nitrogen and oxygen atoms in total. The zero-order valence-corrected chi connectivity index (χ0v) is 16.3. The summed E-state index contributed by atoms with van der Waals surface area (Å²) in [6.45, 7) is 3.16. The average molecular weight is 393 g/mol. The van der Waals surface area contributed by atoms with Crippen molar-refractivity contribution in [3.8, 4) is 5.75 Å². The number of hydrogen-bond donors (Lipinski definition) is 1. The summed E-state index contributed by atoms with van der Waals surface area (Å²) >= 11 is 0. The van der Waals surface area contributed by atoms with Gasteiger partial charge in [-0.1, -0.05) is 12.1 Å². The predicted molar refractivity (Wildman–Crippen MR) is 109 cm³/mol. The molecule has 0 saturated carbocycles. The maximum absolute atomic E-state index is 13.1. The lowest BCUT2D eigenvalue weighted by Gasteiger charge is -2.12. The van der Waals surface area contributed by atoms with E-state index in [0.717, 1.165) is 30.5 Å². The Kier molecular flexibility index (Phi) is 5.36. The van der Waals surface area contributed by atoms with E-state index < -0.39 is 5.97 Å². The fourth-order valence-corrected chi connectivity index (χ4v) is 3.80. The predicted octanol–water partition coefficient (Wildman–Crippen LogP) is 3.82. The van der Waals surface area contributed by atoms with Crippen molar-refractivity contribution in [3.63, 3.8) is 0 Å². The molecule has 2 heterocycles. The molecule has 6 heteroatoms. The highest BCUT2D eigenvalue weighted by Crippen LogP contribution is 2.25. The number of carbonyl (C=O) groups excluding carboxylic acids is 1. The van der Waals surface area contributed by atoms with Crippen LogP contribution >= 0.6 is 0 Å². The van der Waals surface area contributed by atoms with Gasteiger partial charge in [-0.25, -0.2) is 0 Å². The van der Waals surface area contributed by atoms with E-state index in [9.17, 15) is 9.59 Å². The van der Waals surface area contributed by atoms with Crippen LogP contribution in [0.5, 0.6) is 5.75 Å². The highest BCUT2D eigenvalue weighted by atomic mass is 16.5. The largest absolute Gasteiger partial charge is 0.491 e. The van der Waals surface area contributed by atoms with Crippen LogP contribution in [-0.4, -0.2) is 40.9 Å². The highest BCUT2D eigenvalue weighted by Gasteiger charge is 2.18. The zero-order chi connectivity index (χ0) is 20.4. The maximum Gasteiger partial charge on any atom is 0.307 e. The van der Waals surface area contributed by atoms with E-state index >= 15 is 0 Å². The van der Waals surface area contributed by atoms with Crippen molar-refractivity contribution in [1.82, 2.24) is 4.57 Å². The molecule has 1 aliphatic rings. The van der Waals surface area contributed by atoms with Crippen LogP contribution in [0.4, 0.5) is 0 Å². The topological polar surface area (TPSA) is 77.8 Å². The van der Waals surface area contributed by atoms with Gasteiger partial charge in [-0.3, -0.25) is 14.2 Å². The van der Waals surface area contributed by atoms with Crippen LogP contribution in [0.3, 0.4) is 0 Å². The van der Waals surface area contributed by atoms with E-state index in [0.29, 0.717) is 29.0 Å². The molecule has 2 aromatic carbocycles. The maximum atomic E-state index is 13.1. The van der Waals surface area contributed by atoms with Crippen LogP contribution < -0.4 is 4.74 Å². The van der Waals surface area contributed by atoms with E-state index in [1.54, 1.807) is 41.0 Å². The van der Waals surface area contributed by atoms with Gasteiger partial charge in [-0.2, -0.15) is 0 Å². The van der Waals surface area contributed by atoms with Gasteiger partial charge >= 0.3 is 5.97 Å². The summed E-state index contributed by atoms with van der Waals surface area (Å²) in [4.78, 5) is 24.3. The van der Waals surface area contributed by atoms with E-state index in [1.807, 2.05) is 19.1 Å². The van der Waals surface area contributed by atoms with E-state index in [4.69, 9.17) is 14.6 Å². The Labute approximate surface area is 168 Å². The molecule has 1 saturated heterocycles. The van der Waals surface area contributed by atoms with Crippen LogP contribution in [0.25, 0.3) is 10.9 Å². The van der Waals surface area contributed by atoms with Crippen LogP contribution in [0.15, 0.2) is 48.5 Å². The standard InChI is InChI=1S/C23H23NO5/c1-15-12-20-17(13-22(25)26)4-2-6-21(20)24(15)23(27)16-7-9-18(10-8-16)29-14-19-5-3-11-28-19/h2,4,6-10,12,19H,3,5,11,13-14H2,1H3,(H,25,26). The molecule has 150 valence electrons. The molecule has 0 radical (unpaired) electrons. The second kappa shape index (κ2) is 8.09. The number of carboxylic acids is 1. The Bertz CT molecular complexity index is 1050. The summed E-state index contributed by atoms with van der Waals surface area (Å²) in [5, 5.41) is 9.92. The number of aromatic nitrogens is 1. The van der Waals surface area contributed by atoms with Gasteiger partial charge in [0, 0.05) is 23.3 Å². The summed E-state index contributed by atoms with van der Waals surface area (Å²) in [6, 6.07) is 14.4. The molecule has 3 aromatic rings. The number of rotatable bonds is 6. The minimum absolute atomic E-state index is 0.0777. The van der Waals surface area contributed by atoms with Gasteiger partial charge in [-0.05, 0) is 61.7 Å². The molecule has 29 heavy (non-hydrogen) atoms. The molecule has 4 rings (SSSR count). The van der Waals surface area contributed by atoms with Gasteiger partial charge < -0.3 is 14.6 Å². The second-order valence-corrected chi connectivity index (χ2v) is 7.32. The number of aryl methyl sites for hydroxylation is 1. The molecule has 0 spiro atoms. The van der Waals surface area contributed by atoms with Gasteiger partial charge in [0.25, 0.3) is 5.91 Å². The molecular weight excluding hydrogens is 370 g/mol. The Morgan fingerprint density at radius 2 is 2.00 bits per heavy atom. The number of benzene rings is 2. The van der Waals surface area contributed by atoms with E-state index in [-0.39, 0.29) is 18.4 Å². The summed E-state index contributed by atoms with van der Waals surface area (Å²) in [5.74, 6) is -0.349. The number of hydrogen-bond acceptors (Lipinski definition) is 4. The Balaban J connectivity index is 1.56. The minimum atomic E-state index is -0.896. The van der Waals surface area contributed by atoms with Crippen molar-refractivity contribution in [1.29, 1.82) is 0 Å². The summed E-state index contributed by atoms with van der Waals surface area (Å²) in [5.41, 5.74) is 2.72. The van der Waals surface area contributed by atoms with Crippen LogP contribution in [-0.2, 0) is 16.0 Å². The summed E-state index contributed by atoms with van der Waals surface area (Å²) < 4.78 is 12.9. The number of aliphatic carboxylic acids is 1. The van der Waals surface area contributed by atoms with Gasteiger partial charge in [0.15, 0.2) is 0 Å². The zero-order valence-electron chi connectivity index (χ0n) is 16.3. The van der Waals surface area contributed by atoms with Crippen molar-refractivity contribution in [3.05, 3.63) is 65.4 Å². The molecule has 0 aliphatic carbocycles. The summed E-state index contributed by atoms with van der Waals surface area (Å²) in [7, 11) is 0. The normalized spacial score (nSPS) is 16.2. The lowest BCUT2D eigenvalue weighted by atomic mass is 10.1. The Morgan fingerprint density at radius 1 is 1.21 bits per heavy atom.